The lowest BCUT2D eigenvalue weighted by molar-refractivity contribution is -0.140. The van der Waals surface area contributed by atoms with Crippen molar-refractivity contribution in [1.82, 2.24) is 10.2 Å². The van der Waals surface area contributed by atoms with Crippen molar-refractivity contribution in [3.05, 3.63) is 131 Å². The van der Waals surface area contributed by atoms with Crippen LogP contribution in [0, 0.1) is 6.92 Å². The highest BCUT2D eigenvalue weighted by Gasteiger charge is 2.35. The summed E-state index contributed by atoms with van der Waals surface area (Å²) < 4.78 is 29.1. The van der Waals surface area contributed by atoms with Gasteiger partial charge in [0.05, 0.1) is 10.6 Å². The van der Waals surface area contributed by atoms with E-state index in [1.165, 1.54) is 17.0 Å². The lowest BCUT2D eigenvalue weighted by atomic mass is 10.0. The number of carbonyl (C=O) groups excluding carboxylic acids is 2. The molecule has 230 valence electrons. The summed E-state index contributed by atoms with van der Waals surface area (Å²) in [7, 11) is -4.14. The molecule has 1 unspecified atom stereocenters. The van der Waals surface area contributed by atoms with Crippen LogP contribution in [0.3, 0.4) is 0 Å². The van der Waals surface area contributed by atoms with E-state index in [0.717, 1.165) is 15.4 Å². The molecule has 9 heteroatoms. The van der Waals surface area contributed by atoms with Crippen LogP contribution in [-0.2, 0) is 32.6 Å². The highest BCUT2D eigenvalue weighted by molar-refractivity contribution is 7.92. The number of amides is 2. The molecule has 1 atom stereocenters. The molecule has 0 bridgehead atoms. The van der Waals surface area contributed by atoms with Crippen molar-refractivity contribution >= 4 is 39.1 Å². The van der Waals surface area contributed by atoms with Crippen molar-refractivity contribution in [2.24, 2.45) is 0 Å². The highest BCUT2D eigenvalue weighted by Crippen LogP contribution is 2.26. The first-order valence-corrected chi connectivity index (χ1v) is 16.2. The normalized spacial score (nSPS) is 12.3. The van der Waals surface area contributed by atoms with Gasteiger partial charge in [-0.25, -0.2) is 8.42 Å². The van der Waals surface area contributed by atoms with Crippen molar-refractivity contribution in [2.45, 2.75) is 57.1 Å². The fraction of sp³-hybridized carbons (Fsp3) is 0.257. The van der Waals surface area contributed by atoms with Crippen LogP contribution < -0.4 is 9.62 Å². The zero-order valence-corrected chi connectivity index (χ0v) is 27.0. The summed E-state index contributed by atoms with van der Waals surface area (Å²) in [6.07, 6.45) is 0.227. The Morgan fingerprint density at radius 3 is 2.00 bits per heavy atom. The van der Waals surface area contributed by atoms with Crippen molar-refractivity contribution in [1.29, 1.82) is 0 Å². The number of nitrogens with zero attached hydrogens (tertiary/aromatic N) is 2. The molecule has 1 N–H and O–H groups in total. The van der Waals surface area contributed by atoms with Gasteiger partial charge in [0, 0.05) is 23.5 Å². The number of anilines is 1. The highest BCUT2D eigenvalue weighted by atomic mass is 35.5. The number of carbonyl (C=O) groups is 2. The predicted octanol–water partition coefficient (Wildman–Crippen LogP) is 6.40. The first-order valence-electron chi connectivity index (χ1n) is 14.4. The van der Waals surface area contributed by atoms with E-state index in [-0.39, 0.29) is 23.8 Å². The maximum Gasteiger partial charge on any atom is 0.264 e. The molecule has 0 spiro atoms. The van der Waals surface area contributed by atoms with Gasteiger partial charge in [0.1, 0.15) is 12.6 Å². The molecular weight excluding hydrogens is 594 g/mol. The Morgan fingerprint density at radius 1 is 0.818 bits per heavy atom. The molecule has 2 amide bonds. The van der Waals surface area contributed by atoms with E-state index in [1.807, 2.05) is 64.1 Å². The Kier molecular flexibility index (Phi) is 10.5. The Balaban J connectivity index is 1.81. The molecule has 4 aromatic carbocycles. The summed E-state index contributed by atoms with van der Waals surface area (Å²) in [6, 6.07) is 30.5. The third-order valence-electron chi connectivity index (χ3n) is 6.94. The number of nitrogens with one attached hydrogen (secondary N) is 1. The van der Waals surface area contributed by atoms with E-state index in [1.54, 1.807) is 60.7 Å². The first kappa shape index (κ1) is 32.8. The number of halogens is 1. The lowest BCUT2D eigenvalue weighted by Crippen LogP contribution is -2.56. The van der Waals surface area contributed by atoms with Crippen molar-refractivity contribution in [2.75, 3.05) is 10.8 Å². The number of rotatable bonds is 11. The molecule has 0 saturated carbocycles. The number of hydrogen-bond acceptors (Lipinski definition) is 4. The molecule has 0 heterocycles. The monoisotopic (exact) mass is 631 g/mol. The molecule has 0 fully saturated rings. The minimum atomic E-state index is -4.14. The largest absolute Gasteiger partial charge is 0.350 e. The fourth-order valence-electron chi connectivity index (χ4n) is 4.80. The van der Waals surface area contributed by atoms with Gasteiger partial charge in [-0.1, -0.05) is 90.0 Å². The predicted molar refractivity (Wildman–Crippen MR) is 176 cm³/mol. The summed E-state index contributed by atoms with van der Waals surface area (Å²) in [4.78, 5) is 29.9. The van der Waals surface area contributed by atoms with E-state index >= 15 is 0 Å². The van der Waals surface area contributed by atoms with Gasteiger partial charge >= 0.3 is 0 Å². The lowest BCUT2D eigenvalue weighted by Gasteiger charge is -2.35. The first-order chi connectivity index (χ1) is 20.8. The molecule has 4 rings (SSSR count). The van der Waals surface area contributed by atoms with Crippen LogP contribution in [0.2, 0.25) is 5.02 Å². The van der Waals surface area contributed by atoms with Gasteiger partial charge in [-0.2, -0.15) is 0 Å². The molecule has 44 heavy (non-hydrogen) atoms. The SMILES string of the molecule is Cc1ccc(N(CC(=O)N(Cc2cccc(Cl)c2)C(Cc2ccccc2)C(=O)NC(C)(C)C)S(=O)(=O)c2ccccc2)cc1. The zero-order valence-electron chi connectivity index (χ0n) is 25.4. The molecule has 0 radical (unpaired) electrons. The maximum atomic E-state index is 14.5. The molecular formula is C35H38ClN3O4S. The third kappa shape index (κ3) is 8.71. The third-order valence-corrected chi connectivity index (χ3v) is 8.97. The average Bonchev–Trinajstić information content (AvgIpc) is 2.98. The van der Waals surface area contributed by atoms with Crippen LogP contribution in [0.4, 0.5) is 5.69 Å². The second-order valence-electron chi connectivity index (χ2n) is 11.8. The fourth-order valence-corrected chi connectivity index (χ4v) is 6.45. The van der Waals surface area contributed by atoms with Gasteiger partial charge in [0.25, 0.3) is 10.0 Å². The van der Waals surface area contributed by atoms with Crippen molar-refractivity contribution in [3.63, 3.8) is 0 Å². The number of hydrogen-bond donors (Lipinski definition) is 1. The number of aryl methyl sites for hydroxylation is 1. The maximum absolute atomic E-state index is 14.5. The van der Waals surface area contributed by atoms with Crippen LogP contribution >= 0.6 is 11.6 Å². The van der Waals surface area contributed by atoms with E-state index < -0.39 is 34.1 Å². The molecule has 4 aromatic rings. The summed E-state index contributed by atoms with van der Waals surface area (Å²) in [6.45, 7) is 7.05. The Hall–Kier alpha value is -4.14. The van der Waals surface area contributed by atoms with E-state index in [4.69, 9.17) is 11.6 Å². The van der Waals surface area contributed by atoms with Gasteiger partial charge < -0.3 is 10.2 Å². The van der Waals surface area contributed by atoms with Crippen LogP contribution in [0.1, 0.15) is 37.5 Å². The summed E-state index contributed by atoms with van der Waals surface area (Å²) in [5.41, 5.74) is 2.29. The molecule has 0 saturated heterocycles. The summed E-state index contributed by atoms with van der Waals surface area (Å²) in [5.74, 6) is -0.875. The zero-order chi connectivity index (χ0) is 31.9. The molecule has 0 aliphatic carbocycles. The Labute approximate surface area is 265 Å². The molecule has 7 nitrogen and oxygen atoms in total. The van der Waals surface area contributed by atoms with Crippen LogP contribution in [0.5, 0.6) is 0 Å². The van der Waals surface area contributed by atoms with E-state index in [0.29, 0.717) is 16.3 Å². The smallest absolute Gasteiger partial charge is 0.264 e. The van der Waals surface area contributed by atoms with Crippen molar-refractivity contribution in [3.8, 4) is 0 Å². The second kappa shape index (κ2) is 14.1. The van der Waals surface area contributed by atoms with Gasteiger partial charge in [0.15, 0.2) is 0 Å². The van der Waals surface area contributed by atoms with Gasteiger partial charge in [-0.05, 0) is 75.2 Å². The Morgan fingerprint density at radius 2 is 1.41 bits per heavy atom. The van der Waals surface area contributed by atoms with Gasteiger partial charge in [-0.3, -0.25) is 13.9 Å². The molecule has 0 aromatic heterocycles. The summed E-state index contributed by atoms with van der Waals surface area (Å²) in [5, 5.41) is 3.52. The van der Waals surface area contributed by atoms with Crippen LogP contribution in [0.25, 0.3) is 0 Å². The topological polar surface area (TPSA) is 86.8 Å². The quantitative estimate of drug-likeness (QED) is 0.208. The number of sulfonamides is 1. The standard InChI is InChI=1S/C35H38ClN3O4S/c1-26-18-20-30(21-19-26)39(44(42,43)31-16-9-6-10-17-31)25-33(40)38(24-28-14-11-15-29(36)22-28)32(34(41)37-35(2,3)4)23-27-12-7-5-8-13-27/h5-22,32H,23-25H2,1-4H3,(H,37,41). The average molecular weight is 632 g/mol. The minimum Gasteiger partial charge on any atom is -0.350 e. The minimum absolute atomic E-state index is 0.0432. The van der Waals surface area contributed by atoms with E-state index in [9.17, 15) is 18.0 Å². The van der Waals surface area contributed by atoms with Gasteiger partial charge in [0.2, 0.25) is 11.8 Å². The number of benzene rings is 4. The summed E-state index contributed by atoms with van der Waals surface area (Å²) >= 11 is 6.30. The molecule has 0 aliphatic rings. The van der Waals surface area contributed by atoms with Crippen molar-refractivity contribution < 1.29 is 18.0 Å². The second-order valence-corrected chi connectivity index (χ2v) is 14.1. The molecule has 0 aliphatic heterocycles. The van der Waals surface area contributed by atoms with Crippen LogP contribution in [-0.4, -0.2) is 43.3 Å². The van der Waals surface area contributed by atoms with Crippen LogP contribution in [0.15, 0.2) is 114 Å². The Bertz CT molecular complexity index is 1670. The van der Waals surface area contributed by atoms with E-state index in [2.05, 4.69) is 5.32 Å². The van der Waals surface area contributed by atoms with Gasteiger partial charge in [-0.15, -0.1) is 0 Å².